The van der Waals surface area contributed by atoms with Gasteiger partial charge in [-0.25, -0.2) is 0 Å². The quantitative estimate of drug-likeness (QED) is 0.367. The minimum atomic E-state index is -0.484. The van der Waals surface area contributed by atoms with Crippen LogP contribution < -0.4 is 0 Å². The van der Waals surface area contributed by atoms with Gasteiger partial charge in [-0.1, -0.05) is 35.7 Å². The van der Waals surface area contributed by atoms with Crippen LogP contribution in [0.15, 0.2) is 24.3 Å². The Labute approximate surface area is 120 Å². The molecule has 0 heterocycles. The summed E-state index contributed by atoms with van der Waals surface area (Å²) in [6, 6.07) is 7.24. The lowest BCUT2D eigenvalue weighted by molar-refractivity contribution is -0.154. The number of Topliss-reactive ketones (excluding diaryl/α,β-unsaturated/α-hetero) is 1. The molecule has 0 saturated carbocycles. The number of aryl methyl sites for hydroxylation is 1. The van der Waals surface area contributed by atoms with Crippen molar-refractivity contribution in [1.29, 1.82) is 0 Å². The molecular formula is C17H20O3. The highest BCUT2D eigenvalue weighted by Crippen LogP contribution is 2.09. The number of benzene rings is 1. The maximum atomic E-state index is 11.7. The van der Waals surface area contributed by atoms with Gasteiger partial charge in [-0.05, 0) is 33.6 Å². The van der Waals surface area contributed by atoms with E-state index in [1.54, 1.807) is 12.1 Å². The molecule has 0 spiro atoms. The van der Waals surface area contributed by atoms with Crippen molar-refractivity contribution < 1.29 is 14.3 Å². The molecule has 0 atom stereocenters. The minimum Gasteiger partial charge on any atom is -0.460 e. The number of carbonyl (C=O) groups excluding carboxylic acids is 2. The van der Waals surface area contributed by atoms with Crippen LogP contribution in [0.2, 0.25) is 0 Å². The summed E-state index contributed by atoms with van der Waals surface area (Å²) >= 11 is 0. The molecule has 0 amide bonds. The van der Waals surface area contributed by atoms with Gasteiger partial charge in [0, 0.05) is 12.0 Å². The summed E-state index contributed by atoms with van der Waals surface area (Å²) in [6.45, 7) is 7.41. The summed E-state index contributed by atoms with van der Waals surface area (Å²) in [6.07, 6.45) is 0.526. The van der Waals surface area contributed by atoms with Gasteiger partial charge >= 0.3 is 5.97 Å². The zero-order valence-corrected chi connectivity index (χ0v) is 12.4. The van der Waals surface area contributed by atoms with Crippen LogP contribution in [0, 0.1) is 18.8 Å². The third kappa shape index (κ3) is 6.19. The van der Waals surface area contributed by atoms with Crippen molar-refractivity contribution in [3.8, 4) is 11.8 Å². The molecule has 3 heteroatoms. The molecule has 3 nitrogen and oxygen atoms in total. The van der Waals surface area contributed by atoms with Crippen LogP contribution >= 0.6 is 0 Å². The Bertz CT molecular complexity index is 536. The number of hydrogen-bond acceptors (Lipinski definition) is 3. The number of hydrogen-bond donors (Lipinski definition) is 0. The SMILES string of the molecule is Cc1ccc(C(=O)C#CCCC(=O)OC(C)(C)C)cc1. The maximum Gasteiger partial charge on any atom is 0.307 e. The molecule has 1 aromatic rings. The molecule has 0 fully saturated rings. The van der Waals surface area contributed by atoms with Crippen LogP contribution in [0.25, 0.3) is 0 Å². The van der Waals surface area contributed by atoms with Gasteiger partial charge in [0.05, 0.1) is 6.42 Å². The standard InChI is InChI=1S/C17H20O3/c1-13-9-11-14(12-10-13)15(18)7-5-6-8-16(19)20-17(2,3)4/h9-12H,6,8H2,1-4H3. The molecule has 1 rings (SSSR count). The van der Waals surface area contributed by atoms with Gasteiger partial charge in [0.25, 0.3) is 0 Å². The Hall–Kier alpha value is -2.08. The number of ketones is 1. The number of esters is 1. The minimum absolute atomic E-state index is 0.200. The van der Waals surface area contributed by atoms with E-state index in [4.69, 9.17) is 4.74 Å². The Morgan fingerprint density at radius 2 is 1.75 bits per heavy atom. The molecule has 0 aliphatic heterocycles. The summed E-state index contributed by atoms with van der Waals surface area (Å²) in [5, 5.41) is 0. The molecule has 20 heavy (non-hydrogen) atoms. The van der Waals surface area contributed by atoms with Crippen molar-refractivity contribution >= 4 is 11.8 Å². The van der Waals surface area contributed by atoms with E-state index in [1.807, 2.05) is 39.8 Å². The molecule has 0 radical (unpaired) electrons. The summed E-state index contributed by atoms with van der Waals surface area (Å²) in [4.78, 5) is 23.2. The molecule has 0 unspecified atom stereocenters. The van der Waals surface area contributed by atoms with Gasteiger partial charge < -0.3 is 4.74 Å². The van der Waals surface area contributed by atoms with Gasteiger partial charge in [0.1, 0.15) is 5.60 Å². The highest BCUT2D eigenvalue weighted by atomic mass is 16.6. The molecule has 0 aromatic heterocycles. The second-order valence-corrected chi connectivity index (χ2v) is 5.58. The summed E-state index contributed by atoms with van der Waals surface area (Å²) in [5.74, 6) is 4.73. The van der Waals surface area contributed by atoms with Crippen molar-refractivity contribution in [2.75, 3.05) is 0 Å². The third-order valence-electron chi connectivity index (χ3n) is 2.39. The number of rotatable bonds is 3. The Morgan fingerprint density at radius 1 is 1.15 bits per heavy atom. The number of ether oxygens (including phenoxy) is 1. The van der Waals surface area contributed by atoms with Crippen LogP contribution in [0.5, 0.6) is 0 Å². The summed E-state index contributed by atoms with van der Waals surface area (Å²) in [5.41, 5.74) is 1.18. The largest absolute Gasteiger partial charge is 0.460 e. The van der Waals surface area contributed by atoms with E-state index < -0.39 is 5.60 Å². The monoisotopic (exact) mass is 272 g/mol. The van der Waals surface area contributed by atoms with E-state index in [1.165, 1.54) is 0 Å². The highest BCUT2D eigenvalue weighted by Gasteiger charge is 2.15. The van der Waals surface area contributed by atoms with Crippen LogP contribution in [-0.2, 0) is 9.53 Å². The molecule has 0 saturated heterocycles. The van der Waals surface area contributed by atoms with Gasteiger partial charge in [0.15, 0.2) is 0 Å². The smallest absolute Gasteiger partial charge is 0.307 e. The van der Waals surface area contributed by atoms with E-state index in [-0.39, 0.29) is 18.2 Å². The fourth-order valence-corrected chi connectivity index (χ4v) is 1.48. The predicted octanol–water partition coefficient (Wildman–Crippen LogP) is 3.30. The number of carbonyl (C=O) groups is 2. The molecule has 0 bridgehead atoms. The lowest BCUT2D eigenvalue weighted by atomic mass is 10.1. The molecular weight excluding hydrogens is 252 g/mol. The Morgan fingerprint density at radius 3 is 2.30 bits per heavy atom. The Balaban J connectivity index is 2.45. The van der Waals surface area contributed by atoms with E-state index in [2.05, 4.69) is 11.8 Å². The van der Waals surface area contributed by atoms with Crippen LogP contribution in [-0.4, -0.2) is 17.4 Å². The average Bonchev–Trinajstić information content (AvgIpc) is 2.33. The normalized spacial score (nSPS) is 10.4. The molecule has 1 aromatic carbocycles. The van der Waals surface area contributed by atoms with E-state index in [0.717, 1.165) is 5.56 Å². The van der Waals surface area contributed by atoms with E-state index in [0.29, 0.717) is 12.0 Å². The van der Waals surface area contributed by atoms with Crippen LogP contribution in [0.3, 0.4) is 0 Å². The zero-order chi connectivity index (χ0) is 15.2. The van der Waals surface area contributed by atoms with Crippen LogP contribution in [0.4, 0.5) is 0 Å². The highest BCUT2D eigenvalue weighted by molar-refractivity contribution is 6.09. The summed E-state index contributed by atoms with van der Waals surface area (Å²) < 4.78 is 5.15. The lowest BCUT2D eigenvalue weighted by Crippen LogP contribution is -2.23. The molecule has 0 N–H and O–H groups in total. The fraction of sp³-hybridized carbons (Fsp3) is 0.412. The molecule has 0 aliphatic carbocycles. The predicted molar refractivity (Wildman–Crippen MR) is 78.4 cm³/mol. The third-order valence-corrected chi connectivity index (χ3v) is 2.39. The topological polar surface area (TPSA) is 43.4 Å². The second-order valence-electron chi connectivity index (χ2n) is 5.58. The first-order valence-corrected chi connectivity index (χ1v) is 6.59. The van der Waals surface area contributed by atoms with Crippen molar-refractivity contribution in [2.45, 2.75) is 46.1 Å². The summed E-state index contributed by atoms with van der Waals surface area (Å²) in [7, 11) is 0. The molecule has 106 valence electrons. The van der Waals surface area contributed by atoms with Gasteiger partial charge in [-0.15, -0.1) is 0 Å². The first-order valence-electron chi connectivity index (χ1n) is 6.59. The Kier molecular flexibility index (Phi) is 5.52. The van der Waals surface area contributed by atoms with Gasteiger partial charge in [-0.3, -0.25) is 9.59 Å². The molecule has 0 aliphatic rings. The van der Waals surface area contributed by atoms with Crippen LogP contribution in [0.1, 0.15) is 49.5 Å². The maximum absolute atomic E-state index is 11.7. The van der Waals surface area contributed by atoms with Crippen molar-refractivity contribution in [3.63, 3.8) is 0 Å². The first kappa shape index (κ1) is 16.0. The second kappa shape index (κ2) is 6.91. The fourth-order valence-electron chi connectivity index (χ4n) is 1.48. The van der Waals surface area contributed by atoms with Crippen molar-refractivity contribution in [1.82, 2.24) is 0 Å². The van der Waals surface area contributed by atoms with E-state index >= 15 is 0 Å². The van der Waals surface area contributed by atoms with Crippen molar-refractivity contribution in [2.24, 2.45) is 0 Å². The van der Waals surface area contributed by atoms with Gasteiger partial charge in [-0.2, -0.15) is 0 Å². The van der Waals surface area contributed by atoms with Crippen molar-refractivity contribution in [3.05, 3.63) is 35.4 Å². The lowest BCUT2D eigenvalue weighted by Gasteiger charge is -2.18. The van der Waals surface area contributed by atoms with E-state index in [9.17, 15) is 9.59 Å². The van der Waals surface area contributed by atoms with Gasteiger partial charge in [0.2, 0.25) is 5.78 Å². The first-order chi connectivity index (χ1) is 9.28. The average molecular weight is 272 g/mol. The zero-order valence-electron chi connectivity index (χ0n) is 12.4.